The van der Waals surface area contributed by atoms with E-state index < -0.39 is 0 Å². The molecule has 3 aromatic rings. The minimum absolute atomic E-state index is 0. The number of nitrogens with zero attached hydrogens (tertiary/aromatic N) is 2. The van der Waals surface area contributed by atoms with Crippen LogP contribution in [0.3, 0.4) is 0 Å². The molecule has 0 unspecified atom stereocenters. The number of hydrogen-bond acceptors (Lipinski definition) is 2. The zero-order valence-electron chi connectivity index (χ0n) is 14.3. The summed E-state index contributed by atoms with van der Waals surface area (Å²) in [6.07, 6.45) is 3.80. The van der Waals surface area contributed by atoms with E-state index in [1.54, 1.807) is 6.07 Å². The van der Waals surface area contributed by atoms with Gasteiger partial charge in [-0.1, -0.05) is 42.5 Å². The van der Waals surface area contributed by atoms with Gasteiger partial charge in [0.05, 0.1) is 11.3 Å². The molecule has 1 heterocycles. The first-order valence-electron chi connectivity index (χ1n) is 8.01. The quantitative estimate of drug-likeness (QED) is 0.638. The van der Waals surface area contributed by atoms with Crippen LogP contribution >= 0.6 is 0 Å². The Morgan fingerprint density at radius 1 is 1.04 bits per heavy atom. The van der Waals surface area contributed by atoms with Gasteiger partial charge in [-0.2, -0.15) is 9.83 Å². The average molecular weight is 408 g/mol. The smallest absolute Gasteiger partial charge is 0.290 e. The molecule has 0 saturated heterocycles. The Labute approximate surface area is 163 Å². The Bertz CT molecular complexity index is 949. The van der Waals surface area contributed by atoms with Crippen molar-refractivity contribution in [1.82, 2.24) is 0 Å². The molecule has 26 heavy (non-hydrogen) atoms. The standard InChI is InChI=1S/C21H17N3O.BrH/c1-16-7-5-10-18(13-22)21(16)23-20(25)15-24-12-6-11-19(14-24)17-8-3-2-4-9-17;/h2-12,14H,15H2,1H3;1H. The highest BCUT2D eigenvalue weighted by Crippen LogP contribution is 2.19. The molecular weight excluding hydrogens is 390 g/mol. The van der Waals surface area contributed by atoms with Gasteiger partial charge in [-0.25, -0.2) is 0 Å². The fraction of sp³-hybridized carbons (Fsp3) is 0.0952. The third-order valence-electron chi connectivity index (χ3n) is 3.95. The van der Waals surface area contributed by atoms with Gasteiger partial charge in [-0.05, 0) is 30.2 Å². The monoisotopic (exact) mass is 407 g/mol. The Morgan fingerprint density at radius 2 is 1.77 bits per heavy atom. The van der Waals surface area contributed by atoms with Crippen molar-refractivity contribution in [3.8, 4) is 17.2 Å². The molecule has 4 nitrogen and oxygen atoms in total. The largest absolute Gasteiger partial charge is 1.00 e. The molecule has 2 aromatic carbocycles. The minimum Gasteiger partial charge on any atom is -1.00 e. The lowest BCUT2D eigenvalue weighted by Gasteiger charge is -2.08. The molecule has 3 rings (SSSR count). The van der Waals surface area contributed by atoms with Gasteiger partial charge in [0, 0.05) is 11.6 Å². The highest BCUT2D eigenvalue weighted by atomic mass is 79.9. The maximum absolute atomic E-state index is 12.4. The number of amides is 1. The van der Waals surface area contributed by atoms with Gasteiger partial charge in [0.25, 0.3) is 5.91 Å². The number of carbonyl (C=O) groups is 1. The van der Waals surface area contributed by atoms with Crippen LogP contribution in [0.2, 0.25) is 0 Å². The van der Waals surface area contributed by atoms with E-state index in [0.717, 1.165) is 16.7 Å². The highest BCUT2D eigenvalue weighted by Gasteiger charge is 2.14. The molecule has 0 aliphatic heterocycles. The maximum Gasteiger partial charge on any atom is 0.290 e. The number of aromatic nitrogens is 1. The number of hydrogen-bond donors (Lipinski definition) is 1. The van der Waals surface area contributed by atoms with Crippen molar-refractivity contribution in [3.63, 3.8) is 0 Å². The normalized spacial score (nSPS) is 9.69. The summed E-state index contributed by atoms with van der Waals surface area (Å²) in [4.78, 5) is 12.4. The first kappa shape index (κ1) is 19.4. The predicted molar refractivity (Wildman–Crippen MR) is 96.6 cm³/mol. The SMILES string of the molecule is Cc1cccc(C#N)c1NC(=O)C[n+]1cccc(-c2ccccc2)c1.[Br-]. The second-order valence-electron chi connectivity index (χ2n) is 5.79. The van der Waals surface area contributed by atoms with Gasteiger partial charge in [0.2, 0.25) is 6.54 Å². The van der Waals surface area contributed by atoms with E-state index >= 15 is 0 Å². The van der Waals surface area contributed by atoms with Crippen LogP contribution in [-0.4, -0.2) is 5.91 Å². The van der Waals surface area contributed by atoms with E-state index in [4.69, 9.17) is 0 Å². The molecule has 5 heteroatoms. The fourth-order valence-corrected chi connectivity index (χ4v) is 2.69. The van der Waals surface area contributed by atoms with E-state index in [0.29, 0.717) is 11.3 Å². The molecule has 0 aliphatic carbocycles. The molecule has 1 aromatic heterocycles. The van der Waals surface area contributed by atoms with Gasteiger partial charge in [-0.3, -0.25) is 4.79 Å². The number of aryl methyl sites for hydroxylation is 1. The van der Waals surface area contributed by atoms with Gasteiger partial charge >= 0.3 is 0 Å². The van der Waals surface area contributed by atoms with Gasteiger partial charge in [0.15, 0.2) is 12.4 Å². The van der Waals surface area contributed by atoms with Crippen LogP contribution < -0.4 is 26.9 Å². The van der Waals surface area contributed by atoms with Crippen LogP contribution in [0, 0.1) is 18.3 Å². The molecule has 1 amide bonds. The van der Waals surface area contributed by atoms with E-state index in [1.165, 1.54) is 0 Å². The number of nitriles is 1. The van der Waals surface area contributed by atoms with E-state index in [1.807, 2.05) is 78.5 Å². The third-order valence-corrected chi connectivity index (χ3v) is 3.95. The number of carbonyl (C=O) groups excluding carboxylic acids is 1. The molecule has 0 spiro atoms. The summed E-state index contributed by atoms with van der Waals surface area (Å²) in [7, 11) is 0. The van der Waals surface area contributed by atoms with Crippen LogP contribution in [-0.2, 0) is 11.3 Å². The van der Waals surface area contributed by atoms with Crippen molar-refractivity contribution in [2.75, 3.05) is 5.32 Å². The number of para-hydroxylation sites is 1. The molecular formula is C21H18BrN3O. The van der Waals surface area contributed by atoms with Gasteiger partial charge < -0.3 is 22.3 Å². The van der Waals surface area contributed by atoms with Crippen LogP contribution in [0.4, 0.5) is 5.69 Å². The number of pyridine rings is 1. The number of benzene rings is 2. The average Bonchev–Trinajstić information content (AvgIpc) is 2.64. The van der Waals surface area contributed by atoms with Crippen LogP contribution in [0.1, 0.15) is 11.1 Å². The van der Waals surface area contributed by atoms with Gasteiger partial charge in [-0.15, -0.1) is 0 Å². The lowest BCUT2D eigenvalue weighted by Crippen LogP contribution is -3.00. The van der Waals surface area contributed by atoms with Crippen LogP contribution in [0.25, 0.3) is 11.1 Å². The van der Waals surface area contributed by atoms with Crippen molar-refractivity contribution < 1.29 is 26.3 Å². The fourth-order valence-electron chi connectivity index (χ4n) is 2.69. The lowest BCUT2D eigenvalue weighted by atomic mass is 10.1. The van der Waals surface area contributed by atoms with Crippen molar-refractivity contribution in [1.29, 1.82) is 5.26 Å². The van der Waals surface area contributed by atoms with Crippen LogP contribution in [0.15, 0.2) is 73.1 Å². The summed E-state index contributed by atoms with van der Waals surface area (Å²) >= 11 is 0. The summed E-state index contributed by atoms with van der Waals surface area (Å²) in [6.45, 7) is 2.06. The zero-order valence-corrected chi connectivity index (χ0v) is 15.9. The molecule has 1 N–H and O–H groups in total. The van der Waals surface area contributed by atoms with E-state index in [-0.39, 0.29) is 29.4 Å². The van der Waals surface area contributed by atoms with Crippen molar-refractivity contribution >= 4 is 11.6 Å². The minimum atomic E-state index is -0.166. The Balaban J connectivity index is 0.00000243. The number of rotatable bonds is 4. The van der Waals surface area contributed by atoms with E-state index in [2.05, 4.69) is 11.4 Å². The summed E-state index contributed by atoms with van der Waals surface area (Å²) < 4.78 is 1.84. The predicted octanol–water partition coefficient (Wildman–Crippen LogP) is 0.464. The van der Waals surface area contributed by atoms with Gasteiger partial charge in [0.1, 0.15) is 6.07 Å². The molecule has 0 saturated carbocycles. The van der Waals surface area contributed by atoms with Crippen molar-refractivity contribution in [2.45, 2.75) is 13.5 Å². The zero-order chi connectivity index (χ0) is 17.6. The number of nitrogens with one attached hydrogen (secondary N) is 1. The van der Waals surface area contributed by atoms with Crippen molar-refractivity contribution in [3.05, 3.63) is 84.2 Å². The molecule has 130 valence electrons. The third kappa shape index (κ3) is 4.56. The first-order valence-corrected chi connectivity index (χ1v) is 8.01. The second-order valence-corrected chi connectivity index (χ2v) is 5.79. The summed E-state index contributed by atoms with van der Waals surface area (Å²) in [5.74, 6) is -0.166. The molecule has 0 fully saturated rings. The lowest BCUT2D eigenvalue weighted by molar-refractivity contribution is -0.683. The molecule has 0 radical (unpaired) electrons. The number of halogens is 1. The van der Waals surface area contributed by atoms with Crippen molar-refractivity contribution in [2.24, 2.45) is 0 Å². The maximum atomic E-state index is 12.4. The topological polar surface area (TPSA) is 56.8 Å². The summed E-state index contributed by atoms with van der Waals surface area (Å²) in [5.41, 5.74) is 4.06. The summed E-state index contributed by atoms with van der Waals surface area (Å²) in [5, 5.41) is 12.1. The van der Waals surface area contributed by atoms with Crippen LogP contribution in [0.5, 0.6) is 0 Å². The molecule has 0 aliphatic rings. The summed E-state index contributed by atoms with van der Waals surface area (Å²) in [6, 6.07) is 21.4. The number of anilines is 1. The Hall–Kier alpha value is -2.97. The Morgan fingerprint density at radius 3 is 2.50 bits per heavy atom. The first-order chi connectivity index (χ1) is 12.2. The second kappa shape index (κ2) is 8.93. The molecule has 0 bridgehead atoms. The Kier molecular flexibility index (Phi) is 6.65. The molecule has 0 atom stereocenters. The highest BCUT2D eigenvalue weighted by molar-refractivity contribution is 5.92. The van der Waals surface area contributed by atoms with E-state index in [9.17, 15) is 10.1 Å².